The second-order valence-corrected chi connectivity index (χ2v) is 7.74. The first-order chi connectivity index (χ1) is 12.5. The van der Waals surface area contributed by atoms with Gasteiger partial charge in [-0.2, -0.15) is 0 Å². The highest BCUT2D eigenvalue weighted by Gasteiger charge is 2.14. The third kappa shape index (κ3) is 6.11. The van der Waals surface area contributed by atoms with E-state index in [1.807, 2.05) is 6.20 Å². The van der Waals surface area contributed by atoms with E-state index in [0.717, 1.165) is 30.5 Å². The van der Waals surface area contributed by atoms with Crippen molar-refractivity contribution in [2.24, 2.45) is 4.99 Å². The van der Waals surface area contributed by atoms with Crippen molar-refractivity contribution in [1.29, 1.82) is 0 Å². The topological polar surface area (TPSA) is 52.6 Å². The van der Waals surface area contributed by atoms with Gasteiger partial charge in [-0.25, -0.2) is 9.98 Å². The van der Waals surface area contributed by atoms with E-state index in [0.29, 0.717) is 6.54 Å². The Morgan fingerprint density at radius 3 is 2.50 bits per heavy atom. The Morgan fingerprint density at radius 2 is 1.92 bits per heavy atom. The van der Waals surface area contributed by atoms with Crippen molar-refractivity contribution in [3.05, 3.63) is 51.5 Å². The summed E-state index contributed by atoms with van der Waals surface area (Å²) >= 11 is 1.74. The number of nitrogens with one attached hydrogen (secondary N) is 2. The number of nitrogens with zero attached hydrogens (tertiary/aromatic N) is 3. The maximum Gasteiger partial charge on any atom is 0.191 e. The SMILES string of the molecule is CCNC(=NCc1ncc(CC)s1)NCC(c1ccc(C)cc1)N(C)C. The van der Waals surface area contributed by atoms with Gasteiger partial charge < -0.3 is 15.5 Å². The van der Waals surface area contributed by atoms with Crippen LogP contribution in [0.3, 0.4) is 0 Å². The standard InChI is InChI=1S/C20H31N5S/c1-6-17-12-22-19(26-17)14-24-20(21-7-2)23-13-18(25(4)5)16-10-8-15(3)9-11-16/h8-12,18H,6-7,13-14H2,1-5H3,(H2,21,23,24). The molecule has 1 aromatic heterocycles. The van der Waals surface area contributed by atoms with Crippen LogP contribution < -0.4 is 10.6 Å². The number of guanidine groups is 1. The van der Waals surface area contributed by atoms with E-state index in [2.05, 4.69) is 79.6 Å². The van der Waals surface area contributed by atoms with Crippen LogP contribution in [0.1, 0.15) is 40.9 Å². The molecule has 142 valence electrons. The molecule has 26 heavy (non-hydrogen) atoms. The highest BCUT2D eigenvalue weighted by Crippen LogP contribution is 2.18. The number of thiazole rings is 1. The Kier molecular flexibility index (Phi) is 8.06. The van der Waals surface area contributed by atoms with E-state index in [1.54, 1.807) is 11.3 Å². The van der Waals surface area contributed by atoms with Gasteiger partial charge in [-0.1, -0.05) is 36.8 Å². The first-order valence-corrected chi connectivity index (χ1v) is 10.0. The summed E-state index contributed by atoms with van der Waals surface area (Å²) in [6.45, 7) is 8.58. The monoisotopic (exact) mass is 373 g/mol. The Morgan fingerprint density at radius 1 is 1.19 bits per heavy atom. The molecule has 2 aromatic rings. The molecule has 0 saturated heterocycles. The number of hydrogen-bond donors (Lipinski definition) is 2. The highest BCUT2D eigenvalue weighted by atomic mass is 32.1. The van der Waals surface area contributed by atoms with Crippen molar-refractivity contribution in [2.75, 3.05) is 27.2 Å². The summed E-state index contributed by atoms with van der Waals surface area (Å²) in [5, 5.41) is 7.86. The molecule has 1 atom stereocenters. The number of hydrogen-bond acceptors (Lipinski definition) is 4. The molecule has 1 unspecified atom stereocenters. The van der Waals surface area contributed by atoms with Gasteiger partial charge in [-0.3, -0.25) is 0 Å². The van der Waals surface area contributed by atoms with E-state index >= 15 is 0 Å². The van der Waals surface area contributed by atoms with Crippen molar-refractivity contribution in [3.63, 3.8) is 0 Å². The highest BCUT2D eigenvalue weighted by molar-refractivity contribution is 7.11. The molecule has 1 heterocycles. The van der Waals surface area contributed by atoms with Gasteiger partial charge in [0.15, 0.2) is 5.96 Å². The van der Waals surface area contributed by atoms with Crippen LogP contribution in [0, 0.1) is 6.92 Å². The van der Waals surface area contributed by atoms with Crippen LogP contribution >= 0.6 is 11.3 Å². The first-order valence-electron chi connectivity index (χ1n) is 9.22. The van der Waals surface area contributed by atoms with Crippen LogP contribution in [-0.2, 0) is 13.0 Å². The molecule has 0 aliphatic rings. The summed E-state index contributed by atoms with van der Waals surface area (Å²) in [6.07, 6.45) is 2.98. The van der Waals surface area contributed by atoms with Crippen LogP contribution in [0.4, 0.5) is 0 Å². The third-order valence-corrected chi connectivity index (χ3v) is 5.34. The minimum atomic E-state index is 0.283. The zero-order valence-corrected chi connectivity index (χ0v) is 17.4. The fraction of sp³-hybridized carbons (Fsp3) is 0.500. The second-order valence-electron chi connectivity index (χ2n) is 6.54. The number of benzene rings is 1. The van der Waals surface area contributed by atoms with Gasteiger partial charge in [-0.15, -0.1) is 11.3 Å². The minimum Gasteiger partial charge on any atom is -0.357 e. The zero-order chi connectivity index (χ0) is 18.9. The fourth-order valence-corrected chi connectivity index (χ4v) is 3.44. The predicted molar refractivity (Wildman–Crippen MR) is 112 cm³/mol. The van der Waals surface area contributed by atoms with Gasteiger partial charge in [0.25, 0.3) is 0 Å². The molecule has 0 amide bonds. The lowest BCUT2D eigenvalue weighted by molar-refractivity contribution is 0.298. The van der Waals surface area contributed by atoms with Crippen LogP contribution in [-0.4, -0.2) is 43.0 Å². The van der Waals surface area contributed by atoms with E-state index in [-0.39, 0.29) is 6.04 Å². The summed E-state index contributed by atoms with van der Waals surface area (Å²) in [6, 6.07) is 9.02. The van der Waals surface area contributed by atoms with Crippen molar-refractivity contribution in [3.8, 4) is 0 Å². The number of aryl methyl sites for hydroxylation is 2. The molecular formula is C20H31N5S. The second kappa shape index (κ2) is 10.3. The van der Waals surface area contributed by atoms with Gasteiger partial charge >= 0.3 is 0 Å². The Balaban J connectivity index is 2.02. The molecule has 0 saturated carbocycles. The fourth-order valence-electron chi connectivity index (χ4n) is 2.65. The van der Waals surface area contributed by atoms with Gasteiger partial charge in [0.1, 0.15) is 5.01 Å². The van der Waals surface area contributed by atoms with Gasteiger partial charge in [0.2, 0.25) is 0 Å². The average molecular weight is 374 g/mol. The number of aliphatic imine (C=N–C) groups is 1. The van der Waals surface area contributed by atoms with Crippen molar-refractivity contribution in [2.45, 2.75) is 39.8 Å². The molecule has 0 spiro atoms. The third-order valence-electron chi connectivity index (χ3n) is 4.21. The van der Waals surface area contributed by atoms with Crippen LogP contribution in [0.5, 0.6) is 0 Å². The lowest BCUT2D eigenvalue weighted by Crippen LogP contribution is -2.41. The summed E-state index contributed by atoms with van der Waals surface area (Å²) in [5.41, 5.74) is 2.58. The van der Waals surface area contributed by atoms with E-state index < -0.39 is 0 Å². The summed E-state index contributed by atoms with van der Waals surface area (Å²) in [4.78, 5) is 12.7. The summed E-state index contributed by atoms with van der Waals surface area (Å²) < 4.78 is 0. The number of rotatable bonds is 8. The molecule has 2 rings (SSSR count). The van der Waals surface area contributed by atoms with E-state index in [1.165, 1.54) is 16.0 Å². The summed E-state index contributed by atoms with van der Waals surface area (Å²) in [5.74, 6) is 0.833. The maximum atomic E-state index is 4.69. The molecule has 0 bridgehead atoms. The lowest BCUT2D eigenvalue weighted by Gasteiger charge is -2.26. The van der Waals surface area contributed by atoms with E-state index in [4.69, 9.17) is 4.99 Å². The van der Waals surface area contributed by atoms with Crippen LogP contribution in [0.15, 0.2) is 35.5 Å². The Bertz CT molecular complexity index is 690. The quantitative estimate of drug-likeness (QED) is 0.550. The van der Waals surface area contributed by atoms with Gasteiger partial charge in [0, 0.05) is 24.2 Å². The number of likely N-dealkylation sites (N-methyl/N-ethyl adjacent to an activating group) is 1. The molecule has 6 heteroatoms. The molecule has 0 radical (unpaired) electrons. The normalized spacial score (nSPS) is 13.1. The lowest BCUT2D eigenvalue weighted by atomic mass is 10.0. The van der Waals surface area contributed by atoms with Gasteiger partial charge in [0.05, 0.1) is 12.6 Å². The molecule has 2 N–H and O–H groups in total. The molecular weight excluding hydrogens is 342 g/mol. The molecule has 5 nitrogen and oxygen atoms in total. The Hall–Kier alpha value is -1.92. The van der Waals surface area contributed by atoms with E-state index in [9.17, 15) is 0 Å². The summed E-state index contributed by atoms with van der Waals surface area (Å²) in [7, 11) is 4.22. The average Bonchev–Trinajstić information content (AvgIpc) is 3.09. The largest absolute Gasteiger partial charge is 0.357 e. The number of aromatic nitrogens is 1. The molecule has 1 aromatic carbocycles. The molecule has 0 aliphatic heterocycles. The predicted octanol–water partition coefficient (Wildman–Crippen LogP) is 3.37. The first kappa shape index (κ1) is 20.4. The Labute approximate surface area is 161 Å². The maximum absolute atomic E-state index is 4.69. The van der Waals surface area contributed by atoms with Gasteiger partial charge in [-0.05, 0) is 39.9 Å². The molecule has 0 aliphatic carbocycles. The van der Waals surface area contributed by atoms with Crippen LogP contribution in [0.2, 0.25) is 0 Å². The molecule has 0 fully saturated rings. The van der Waals surface area contributed by atoms with Crippen molar-refractivity contribution >= 4 is 17.3 Å². The minimum absolute atomic E-state index is 0.283. The zero-order valence-electron chi connectivity index (χ0n) is 16.5. The van der Waals surface area contributed by atoms with Crippen molar-refractivity contribution in [1.82, 2.24) is 20.5 Å². The van der Waals surface area contributed by atoms with Crippen molar-refractivity contribution < 1.29 is 0 Å². The smallest absolute Gasteiger partial charge is 0.191 e. The van der Waals surface area contributed by atoms with Crippen LogP contribution in [0.25, 0.3) is 0 Å².